The van der Waals surface area contributed by atoms with Crippen molar-refractivity contribution in [2.24, 2.45) is 0 Å². The van der Waals surface area contributed by atoms with Crippen molar-refractivity contribution >= 4 is 29.3 Å². The van der Waals surface area contributed by atoms with Crippen LogP contribution in [0.4, 0.5) is 5.69 Å². The molecule has 114 valence electrons. The fourth-order valence-corrected chi connectivity index (χ4v) is 3.24. The average molecular weight is 306 g/mol. The monoisotopic (exact) mass is 306 g/mol. The second-order valence-electron chi connectivity index (χ2n) is 5.11. The molecule has 1 N–H and O–H groups in total. The summed E-state index contributed by atoms with van der Waals surface area (Å²) in [4.78, 5) is 26.7. The number of benzene rings is 1. The number of amides is 2. The predicted molar refractivity (Wildman–Crippen MR) is 86.7 cm³/mol. The molecule has 0 spiro atoms. The van der Waals surface area contributed by atoms with Crippen LogP contribution in [-0.4, -0.2) is 30.7 Å². The minimum absolute atomic E-state index is 0.0228. The molecule has 21 heavy (non-hydrogen) atoms. The van der Waals surface area contributed by atoms with Gasteiger partial charge in [-0.1, -0.05) is 31.9 Å². The highest BCUT2D eigenvalue weighted by atomic mass is 32.2. The van der Waals surface area contributed by atoms with E-state index in [1.54, 1.807) is 16.7 Å². The topological polar surface area (TPSA) is 49.4 Å². The molecule has 0 saturated carbocycles. The van der Waals surface area contributed by atoms with E-state index in [4.69, 9.17) is 0 Å². The van der Waals surface area contributed by atoms with Gasteiger partial charge in [-0.15, -0.1) is 11.8 Å². The average Bonchev–Trinajstić information content (AvgIpc) is 2.50. The lowest BCUT2D eigenvalue weighted by molar-refractivity contribution is -0.121. The second-order valence-corrected chi connectivity index (χ2v) is 6.13. The fourth-order valence-electron chi connectivity index (χ4n) is 2.30. The zero-order valence-corrected chi connectivity index (χ0v) is 13.2. The maximum Gasteiger partial charge on any atom is 0.237 e. The van der Waals surface area contributed by atoms with Gasteiger partial charge >= 0.3 is 0 Å². The number of hydrogen-bond donors (Lipinski definition) is 1. The second kappa shape index (κ2) is 8.08. The molecule has 0 radical (unpaired) electrons. The van der Waals surface area contributed by atoms with Crippen LogP contribution in [-0.2, 0) is 9.59 Å². The summed E-state index contributed by atoms with van der Waals surface area (Å²) >= 11 is 1.56. The third-order valence-electron chi connectivity index (χ3n) is 3.47. The number of unbranched alkanes of at least 4 members (excludes halogenated alkanes) is 2. The Bertz CT molecular complexity index is 505. The first-order valence-corrected chi connectivity index (χ1v) is 8.50. The summed E-state index contributed by atoms with van der Waals surface area (Å²) in [6.45, 7) is 3.32. The number of anilines is 1. The molecule has 0 atom stereocenters. The Balaban J connectivity index is 1.85. The Hall–Kier alpha value is -1.49. The summed E-state index contributed by atoms with van der Waals surface area (Å²) in [5.74, 6) is 0.557. The molecule has 1 aromatic carbocycles. The van der Waals surface area contributed by atoms with Crippen molar-refractivity contribution in [3.05, 3.63) is 24.3 Å². The standard InChI is InChI=1S/C16H22N2O2S/c1-2-3-6-10-17-15(19)9-11-18-13-7-4-5-8-14(13)21-12-16(18)20/h4-5,7-8H,2-3,6,9-12H2,1H3,(H,17,19). The van der Waals surface area contributed by atoms with Crippen LogP contribution in [0.2, 0.25) is 0 Å². The molecule has 0 unspecified atom stereocenters. The molecule has 5 heteroatoms. The van der Waals surface area contributed by atoms with E-state index in [1.807, 2.05) is 24.3 Å². The highest BCUT2D eigenvalue weighted by Crippen LogP contribution is 2.34. The molecule has 1 aliphatic rings. The van der Waals surface area contributed by atoms with Crippen molar-refractivity contribution in [2.45, 2.75) is 37.5 Å². The highest BCUT2D eigenvalue weighted by molar-refractivity contribution is 8.00. The number of nitrogens with one attached hydrogen (secondary N) is 1. The summed E-state index contributed by atoms with van der Waals surface area (Å²) in [7, 11) is 0. The van der Waals surface area contributed by atoms with E-state index in [0.29, 0.717) is 18.7 Å². The van der Waals surface area contributed by atoms with Crippen molar-refractivity contribution in [3.63, 3.8) is 0 Å². The van der Waals surface area contributed by atoms with Crippen LogP contribution in [0.5, 0.6) is 0 Å². The van der Waals surface area contributed by atoms with Crippen molar-refractivity contribution < 1.29 is 9.59 Å². The Labute approximate surface area is 130 Å². The Kier molecular flexibility index (Phi) is 6.11. The van der Waals surface area contributed by atoms with Gasteiger partial charge in [0.15, 0.2) is 0 Å². The molecular formula is C16H22N2O2S. The van der Waals surface area contributed by atoms with Gasteiger partial charge in [0, 0.05) is 24.4 Å². The lowest BCUT2D eigenvalue weighted by atomic mass is 10.2. The number of carbonyl (C=O) groups is 2. The van der Waals surface area contributed by atoms with E-state index < -0.39 is 0 Å². The minimum atomic E-state index is 0.0228. The molecule has 1 aromatic rings. The van der Waals surface area contributed by atoms with Gasteiger partial charge < -0.3 is 10.2 Å². The quantitative estimate of drug-likeness (QED) is 0.788. The Morgan fingerprint density at radius 1 is 1.33 bits per heavy atom. The van der Waals surface area contributed by atoms with Crippen molar-refractivity contribution in [1.29, 1.82) is 0 Å². The van der Waals surface area contributed by atoms with Gasteiger partial charge in [-0.3, -0.25) is 9.59 Å². The summed E-state index contributed by atoms with van der Waals surface area (Å²) in [6, 6.07) is 7.86. The Morgan fingerprint density at radius 2 is 2.14 bits per heavy atom. The fraction of sp³-hybridized carbons (Fsp3) is 0.500. The first kappa shape index (κ1) is 15.9. The van der Waals surface area contributed by atoms with Gasteiger partial charge in [0.25, 0.3) is 0 Å². The van der Waals surface area contributed by atoms with Crippen LogP contribution in [0, 0.1) is 0 Å². The zero-order valence-electron chi connectivity index (χ0n) is 12.4. The SMILES string of the molecule is CCCCCNC(=O)CCN1C(=O)CSc2ccccc21. The van der Waals surface area contributed by atoms with Gasteiger partial charge in [0.05, 0.1) is 11.4 Å². The molecule has 1 heterocycles. The van der Waals surface area contributed by atoms with Crippen molar-refractivity contribution in [1.82, 2.24) is 5.32 Å². The normalized spacial score (nSPS) is 14.0. The first-order chi connectivity index (χ1) is 10.2. The van der Waals surface area contributed by atoms with Gasteiger partial charge in [-0.05, 0) is 18.6 Å². The molecule has 0 aromatic heterocycles. The molecular weight excluding hydrogens is 284 g/mol. The first-order valence-electron chi connectivity index (χ1n) is 7.51. The van der Waals surface area contributed by atoms with E-state index in [2.05, 4.69) is 12.2 Å². The number of thioether (sulfide) groups is 1. The number of carbonyl (C=O) groups excluding carboxylic acids is 2. The summed E-state index contributed by atoms with van der Waals surface area (Å²) in [5, 5.41) is 2.91. The van der Waals surface area contributed by atoms with Crippen LogP contribution in [0.25, 0.3) is 0 Å². The highest BCUT2D eigenvalue weighted by Gasteiger charge is 2.24. The van der Waals surface area contributed by atoms with Crippen LogP contribution in [0.15, 0.2) is 29.2 Å². The summed E-state index contributed by atoms with van der Waals surface area (Å²) in [5.41, 5.74) is 0.928. The third kappa shape index (κ3) is 4.49. The predicted octanol–water partition coefficient (Wildman–Crippen LogP) is 2.82. The molecule has 0 aliphatic carbocycles. The van der Waals surface area contributed by atoms with E-state index in [0.717, 1.165) is 36.4 Å². The molecule has 4 nitrogen and oxygen atoms in total. The van der Waals surface area contributed by atoms with Crippen LogP contribution < -0.4 is 10.2 Å². The van der Waals surface area contributed by atoms with E-state index >= 15 is 0 Å². The number of fused-ring (bicyclic) bond motifs is 1. The number of para-hydroxylation sites is 1. The van der Waals surface area contributed by atoms with Gasteiger partial charge in [0.1, 0.15) is 0 Å². The number of nitrogens with zero attached hydrogens (tertiary/aromatic N) is 1. The van der Waals surface area contributed by atoms with Gasteiger partial charge in [-0.2, -0.15) is 0 Å². The molecule has 2 rings (SSSR count). The maximum absolute atomic E-state index is 12.0. The zero-order chi connectivity index (χ0) is 15.1. The van der Waals surface area contributed by atoms with Crippen LogP contribution in [0.1, 0.15) is 32.6 Å². The number of rotatable bonds is 7. The molecule has 0 fully saturated rings. The van der Waals surface area contributed by atoms with E-state index in [-0.39, 0.29) is 11.8 Å². The summed E-state index contributed by atoms with van der Waals surface area (Å²) < 4.78 is 0. The molecule has 1 aliphatic heterocycles. The largest absolute Gasteiger partial charge is 0.356 e. The molecule has 0 saturated heterocycles. The number of hydrogen-bond acceptors (Lipinski definition) is 3. The van der Waals surface area contributed by atoms with E-state index in [1.165, 1.54) is 0 Å². The van der Waals surface area contributed by atoms with Crippen molar-refractivity contribution in [3.8, 4) is 0 Å². The minimum Gasteiger partial charge on any atom is -0.356 e. The van der Waals surface area contributed by atoms with E-state index in [9.17, 15) is 9.59 Å². The van der Waals surface area contributed by atoms with Crippen LogP contribution >= 0.6 is 11.8 Å². The lowest BCUT2D eigenvalue weighted by Gasteiger charge is -2.28. The van der Waals surface area contributed by atoms with Crippen molar-refractivity contribution in [2.75, 3.05) is 23.7 Å². The third-order valence-corrected chi connectivity index (χ3v) is 4.52. The maximum atomic E-state index is 12.0. The van der Waals surface area contributed by atoms with Gasteiger partial charge in [-0.25, -0.2) is 0 Å². The molecule has 0 bridgehead atoms. The van der Waals surface area contributed by atoms with Gasteiger partial charge in [0.2, 0.25) is 11.8 Å². The molecule has 2 amide bonds. The lowest BCUT2D eigenvalue weighted by Crippen LogP contribution is -2.38. The Morgan fingerprint density at radius 3 is 2.95 bits per heavy atom. The smallest absolute Gasteiger partial charge is 0.237 e. The summed E-state index contributed by atoms with van der Waals surface area (Å²) in [6.07, 6.45) is 3.66. The van der Waals surface area contributed by atoms with Crippen LogP contribution in [0.3, 0.4) is 0 Å².